The molecule has 0 radical (unpaired) electrons. The maximum atomic E-state index is 5.61. The SMILES string of the molecule is CCCC(CC1(OC)CCC1)NC. The van der Waals surface area contributed by atoms with Crippen LogP contribution in [0.5, 0.6) is 0 Å². The molecule has 78 valence electrons. The Morgan fingerprint density at radius 3 is 2.46 bits per heavy atom. The van der Waals surface area contributed by atoms with E-state index in [0.29, 0.717) is 6.04 Å². The van der Waals surface area contributed by atoms with Crippen molar-refractivity contribution in [3.8, 4) is 0 Å². The second-order valence-corrected chi connectivity index (χ2v) is 4.22. The van der Waals surface area contributed by atoms with E-state index in [0.717, 1.165) is 0 Å². The number of ether oxygens (including phenoxy) is 1. The molecule has 1 unspecified atom stereocenters. The molecule has 0 spiro atoms. The molecule has 2 nitrogen and oxygen atoms in total. The molecule has 1 saturated carbocycles. The lowest BCUT2D eigenvalue weighted by molar-refractivity contribution is -0.0835. The topological polar surface area (TPSA) is 21.3 Å². The van der Waals surface area contributed by atoms with Gasteiger partial charge in [-0.05, 0) is 39.2 Å². The summed E-state index contributed by atoms with van der Waals surface area (Å²) < 4.78 is 5.61. The highest BCUT2D eigenvalue weighted by atomic mass is 16.5. The fourth-order valence-corrected chi connectivity index (χ4v) is 2.21. The standard InChI is InChI=1S/C11H23NO/c1-4-6-10(12-2)9-11(13-3)7-5-8-11/h10,12H,4-9H2,1-3H3. The van der Waals surface area contributed by atoms with Crippen LogP contribution < -0.4 is 5.32 Å². The van der Waals surface area contributed by atoms with E-state index in [2.05, 4.69) is 19.3 Å². The summed E-state index contributed by atoms with van der Waals surface area (Å²) in [5.41, 5.74) is 0.225. The van der Waals surface area contributed by atoms with Crippen molar-refractivity contribution in [3.63, 3.8) is 0 Å². The molecule has 0 heterocycles. The summed E-state index contributed by atoms with van der Waals surface area (Å²) in [5.74, 6) is 0. The molecule has 0 aromatic rings. The minimum atomic E-state index is 0.225. The molecule has 0 aliphatic heterocycles. The number of hydrogen-bond acceptors (Lipinski definition) is 2. The smallest absolute Gasteiger partial charge is 0.0693 e. The summed E-state index contributed by atoms with van der Waals surface area (Å²) in [4.78, 5) is 0. The average Bonchev–Trinajstić information content (AvgIpc) is 2.09. The third-order valence-corrected chi connectivity index (χ3v) is 3.36. The largest absolute Gasteiger partial charge is 0.378 e. The molecule has 1 aliphatic carbocycles. The van der Waals surface area contributed by atoms with Crippen LogP contribution in [0.1, 0.15) is 45.4 Å². The van der Waals surface area contributed by atoms with Gasteiger partial charge < -0.3 is 10.1 Å². The van der Waals surface area contributed by atoms with Gasteiger partial charge in [0.15, 0.2) is 0 Å². The zero-order valence-corrected chi connectivity index (χ0v) is 9.23. The molecule has 1 N–H and O–H groups in total. The van der Waals surface area contributed by atoms with Gasteiger partial charge in [-0.1, -0.05) is 13.3 Å². The molecule has 0 bridgehead atoms. The third-order valence-electron chi connectivity index (χ3n) is 3.36. The summed E-state index contributed by atoms with van der Waals surface area (Å²) in [6.07, 6.45) is 7.56. The molecular weight excluding hydrogens is 162 g/mol. The van der Waals surface area contributed by atoms with E-state index >= 15 is 0 Å². The molecule has 1 fully saturated rings. The lowest BCUT2D eigenvalue weighted by Crippen LogP contribution is -2.45. The molecule has 1 aliphatic rings. The van der Waals surface area contributed by atoms with E-state index in [1.54, 1.807) is 0 Å². The predicted octanol–water partition coefficient (Wildman–Crippen LogP) is 2.33. The Bertz CT molecular complexity index is 138. The first-order valence-electron chi connectivity index (χ1n) is 5.49. The van der Waals surface area contributed by atoms with Crippen LogP contribution in [0.2, 0.25) is 0 Å². The van der Waals surface area contributed by atoms with E-state index < -0.39 is 0 Å². The summed E-state index contributed by atoms with van der Waals surface area (Å²) in [7, 11) is 3.92. The zero-order chi connectivity index (χ0) is 9.73. The second kappa shape index (κ2) is 4.97. The lowest BCUT2D eigenvalue weighted by Gasteiger charge is -2.42. The predicted molar refractivity (Wildman–Crippen MR) is 56.0 cm³/mol. The van der Waals surface area contributed by atoms with Crippen LogP contribution in [0.4, 0.5) is 0 Å². The normalized spacial score (nSPS) is 22.4. The van der Waals surface area contributed by atoms with Crippen molar-refractivity contribution in [2.24, 2.45) is 0 Å². The fourth-order valence-electron chi connectivity index (χ4n) is 2.21. The monoisotopic (exact) mass is 185 g/mol. The zero-order valence-electron chi connectivity index (χ0n) is 9.23. The van der Waals surface area contributed by atoms with E-state index in [4.69, 9.17) is 4.74 Å². The van der Waals surface area contributed by atoms with Gasteiger partial charge in [0.25, 0.3) is 0 Å². The van der Waals surface area contributed by atoms with Gasteiger partial charge in [-0.3, -0.25) is 0 Å². The average molecular weight is 185 g/mol. The minimum Gasteiger partial charge on any atom is -0.378 e. The van der Waals surface area contributed by atoms with E-state index in [-0.39, 0.29) is 5.60 Å². The van der Waals surface area contributed by atoms with Gasteiger partial charge >= 0.3 is 0 Å². The maximum Gasteiger partial charge on any atom is 0.0693 e. The number of nitrogens with one attached hydrogen (secondary N) is 1. The van der Waals surface area contributed by atoms with Crippen LogP contribution in [0.3, 0.4) is 0 Å². The first-order chi connectivity index (χ1) is 6.26. The van der Waals surface area contributed by atoms with Crippen molar-refractivity contribution in [3.05, 3.63) is 0 Å². The Labute approximate surface area is 82.0 Å². The summed E-state index contributed by atoms with van der Waals surface area (Å²) in [5, 5.41) is 3.38. The lowest BCUT2D eigenvalue weighted by atomic mass is 9.75. The van der Waals surface area contributed by atoms with Gasteiger partial charge in [0, 0.05) is 13.2 Å². The molecule has 13 heavy (non-hydrogen) atoms. The van der Waals surface area contributed by atoms with Gasteiger partial charge in [0.05, 0.1) is 5.60 Å². The number of hydrogen-bond donors (Lipinski definition) is 1. The molecule has 2 heteroatoms. The van der Waals surface area contributed by atoms with Crippen LogP contribution in [-0.2, 0) is 4.74 Å². The van der Waals surface area contributed by atoms with Gasteiger partial charge in [0.2, 0.25) is 0 Å². The Balaban J connectivity index is 2.34. The highest BCUT2D eigenvalue weighted by Gasteiger charge is 2.38. The van der Waals surface area contributed by atoms with E-state index in [9.17, 15) is 0 Å². The Morgan fingerprint density at radius 2 is 2.15 bits per heavy atom. The van der Waals surface area contributed by atoms with Crippen LogP contribution in [0.25, 0.3) is 0 Å². The summed E-state index contributed by atoms with van der Waals surface area (Å²) in [6.45, 7) is 2.24. The van der Waals surface area contributed by atoms with Crippen molar-refractivity contribution >= 4 is 0 Å². The van der Waals surface area contributed by atoms with Crippen LogP contribution in [0, 0.1) is 0 Å². The highest BCUT2D eigenvalue weighted by Crippen LogP contribution is 2.39. The van der Waals surface area contributed by atoms with Gasteiger partial charge in [-0.15, -0.1) is 0 Å². The van der Waals surface area contributed by atoms with Crippen LogP contribution >= 0.6 is 0 Å². The number of methoxy groups -OCH3 is 1. The van der Waals surface area contributed by atoms with Crippen molar-refractivity contribution in [1.82, 2.24) is 5.32 Å². The first-order valence-corrected chi connectivity index (χ1v) is 5.49. The van der Waals surface area contributed by atoms with Crippen LogP contribution in [-0.4, -0.2) is 25.8 Å². The third kappa shape index (κ3) is 2.68. The van der Waals surface area contributed by atoms with Crippen molar-refractivity contribution in [2.75, 3.05) is 14.2 Å². The molecule has 0 saturated heterocycles. The fraction of sp³-hybridized carbons (Fsp3) is 1.00. The maximum absolute atomic E-state index is 5.61. The van der Waals surface area contributed by atoms with Gasteiger partial charge in [0.1, 0.15) is 0 Å². The summed E-state index contributed by atoms with van der Waals surface area (Å²) in [6, 6.07) is 0.644. The second-order valence-electron chi connectivity index (χ2n) is 4.22. The molecule has 0 aromatic carbocycles. The summed E-state index contributed by atoms with van der Waals surface area (Å²) >= 11 is 0. The minimum absolute atomic E-state index is 0.225. The molecule has 1 rings (SSSR count). The quantitative estimate of drug-likeness (QED) is 0.686. The molecule has 1 atom stereocenters. The van der Waals surface area contributed by atoms with E-state index in [1.807, 2.05) is 7.11 Å². The Morgan fingerprint density at radius 1 is 1.46 bits per heavy atom. The Kier molecular flexibility index (Phi) is 4.20. The van der Waals surface area contributed by atoms with Gasteiger partial charge in [-0.25, -0.2) is 0 Å². The first kappa shape index (κ1) is 11.0. The number of rotatable bonds is 6. The molecular formula is C11H23NO. The van der Waals surface area contributed by atoms with E-state index in [1.165, 1.54) is 38.5 Å². The van der Waals surface area contributed by atoms with Gasteiger partial charge in [-0.2, -0.15) is 0 Å². The molecule has 0 amide bonds. The Hall–Kier alpha value is -0.0800. The highest BCUT2D eigenvalue weighted by molar-refractivity contribution is 4.92. The van der Waals surface area contributed by atoms with Crippen molar-refractivity contribution in [1.29, 1.82) is 0 Å². The van der Waals surface area contributed by atoms with Crippen LogP contribution in [0.15, 0.2) is 0 Å². The van der Waals surface area contributed by atoms with Crippen molar-refractivity contribution in [2.45, 2.75) is 57.1 Å². The van der Waals surface area contributed by atoms with Crippen molar-refractivity contribution < 1.29 is 4.74 Å². The molecule has 0 aromatic heterocycles.